The van der Waals surface area contributed by atoms with Crippen LogP contribution in [0.1, 0.15) is 84.8 Å². The molecule has 0 aliphatic carbocycles. The maximum absolute atomic E-state index is 12.4. The smallest absolute Gasteiger partial charge is 0.320 e. The highest BCUT2D eigenvalue weighted by Crippen LogP contribution is 2.42. The molecule has 7 rings (SSSR count). The van der Waals surface area contributed by atoms with Crippen LogP contribution < -0.4 is 29.9 Å². The van der Waals surface area contributed by atoms with E-state index < -0.39 is 17.6 Å². The molecule has 0 saturated carbocycles. The molecule has 292 valence electrons. The van der Waals surface area contributed by atoms with Gasteiger partial charge in [0.2, 0.25) is 23.6 Å². The van der Waals surface area contributed by atoms with Crippen LogP contribution in [0.15, 0.2) is 34.9 Å². The summed E-state index contributed by atoms with van der Waals surface area (Å²) in [6.07, 6.45) is 4.91. The van der Waals surface area contributed by atoms with Gasteiger partial charge in [0, 0.05) is 25.0 Å². The number of benzene rings is 1. The first-order valence-corrected chi connectivity index (χ1v) is 19.3. The number of amides is 5. The largest absolute Gasteiger partial charge is 0.488 e. The minimum Gasteiger partial charge on any atom is -0.488 e. The van der Waals surface area contributed by atoms with E-state index in [9.17, 15) is 28.8 Å². The van der Waals surface area contributed by atoms with Crippen LogP contribution in [0.4, 0.5) is 11.4 Å². The van der Waals surface area contributed by atoms with E-state index >= 15 is 0 Å². The zero-order chi connectivity index (χ0) is 39.2. The number of likely N-dealkylation sites (tertiary alicyclic amines) is 1. The number of ether oxygens (including phenoxy) is 3. The van der Waals surface area contributed by atoms with E-state index in [0.717, 1.165) is 47.5 Å². The SMILES string of the molecule is CC.CC(C)(C)OC(=O)CN1CCC(c2nccc3c2OCCN3C2CCC(=O)NC2=O)CC1.O=C1CCC(N2C(=O)COc3c(Br)cccc32)C(=O)N1. The second-order valence-corrected chi connectivity index (χ2v) is 15.2. The molecule has 5 aliphatic heterocycles. The number of piperidine rings is 3. The van der Waals surface area contributed by atoms with Crippen LogP contribution in [0.25, 0.3) is 0 Å². The van der Waals surface area contributed by atoms with Gasteiger partial charge in [0.25, 0.3) is 5.91 Å². The maximum atomic E-state index is 12.4. The van der Waals surface area contributed by atoms with Gasteiger partial charge in [-0.1, -0.05) is 19.9 Å². The predicted octanol–water partition coefficient (Wildman–Crippen LogP) is 3.61. The van der Waals surface area contributed by atoms with Crippen molar-refractivity contribution in [1.82, 2.24) is 20.5 Å². The lowest BCUT2D eigenvalue weighted by Crippen LogP contribution is -2.56. The molecule has 1 aromatic carbocycles. The summed E-state index contributed by atoms with van der Waals surface area (Å²) in [5.41, 5.74) is 1.85. The van der Waals surface area contributed by atoms with Crippen LogP contribution >= 0.6 is 15.9 Å². The minimum atomic E-state index is -0.669. The third-order valence-corrected chi connectivity index (χ3v) is 10.1. The zero-order valence-corrected chi connectivity index (χ0v) is 33.0. The van der Waals surface area contributed by atoms with Crippen molar-refractivity contribution < 1.29 is 43.0 Å². The number of para-hydroxylation sites is 1. The maximum Gasteiger partial charge on any atom is 0.320 e. The number of esters is 1. The number of hydrogen-bond acceptors (Lipinski definition) is 12. The Kier molecular flexibility index (Phi) is 13.3. The summed E-state index contributed by atoms with van der Waals surface area (Å²) in [4.78, 5) is 81.7. The fourth-order valence-corrected chi connectivity index (χ4v) is 7.62. The molecular weight excluding hydrogens is 764 g/mol. The van der Waals surface area contributed by atoms with E-state index in [2.05, 4.69) is 36.4 Å². The summed E-state index contributed by atoms with van der Waals surface area (Å²) in [6, 6.07) is 6.14. The van der Waals surface area contributed by atoms with E-state index in [1.807, 2.05) is 45.6 Å². The normalized spacial score (nSPS) is 21.8. The van der Waals surface area contributed by atoms with Crippen LogP contribution in [0.3, 0.4) is 0 Å². The van der Waals surface area contributed by atoms with E-state index in [0.29, 0.717) is 50.4 Å². The molecule has 0 radical (unpaired) electrons. The monoisotopic (exact) mass is 812 g/mol. The number of imide groups is 2. The lowest BCUT2D eigenvalue weighted by molar-refractivity contribution is -0.156. The second-order valence-electron chi connectivity index (χ2n) is 14.3. The average Bonchev–Trinajstić information content (AvgIpc) is 3.12. The van der Waals surface area contributed by atoms with Gasteiger partial charge in [-0.25, -0.2) is 0 Å². The number of anilines is 2. The highest BCUT2D eigenvalue weighted by atomic mass is 79.9. The number of carbonyl (C=O) groups is 6. The Bertz CT molecular complexity index is 1760. The number of nitrogens with zero attached hydrogens (tertiary/aromatic N) is 4. The molecule has 0 spiro atoms. The summed E-state index contributed by atoms with van der Waals surface area (Å²) < 4.78 is 17.6. The number of rotatable bonds is 5. The summed E-state index contributed by atoms with van der Waals surface area (Å²) in [5, 5.41) is 4.72. The number of carbonyl (C=O) groups excluding carboxylic acids is 6. The second kappa shape index (κ2) is 17.7. The molecule has 2 aromatic rings. The number of pyridine rings is 1. The molecule has 3 fully saturated rings. The van der Waals surface area contributed by atoms with Crippen LogP contribution in [0.2, 0.25) is 0 Å². The predicted molar refractivity (Wildman–Crippen MR) is 202 cm³/mol. The van der Waals surface area contributed by atoms with E-state index in [-0.39, 0.29) is 54.6 Å². The van der Waals surface area contributed by atoms with Crippen molar-refractivity contribution in [2.24, 2.45) is 0 Å². The lowest BCUT2D eigenvalue weighted by atomic mass is 9.91. The zero-order valence-electron chi connectivity index (χ0n) is 31.4. The number of halogens is 1. The van der Waals surface area contributed by atoms with Crippen molar-refractivity contribution in [2.45, 2.75) is 96.7 Å². The van der Waals surface area contributed by atoms with Crippen molar-refractivity contribution in [3.63, 3.8) is 0 Å². The first-order valence-electron chi connectivity index (χ1n) is 18.5. The first-order chi connectivity index (χ1) is 25.8. The molecule has 3 saturated heterocycles. The van der Waals surface area contributed by atoms with Crippen LogP contribution in [0, 0.1) is 0 Å². The Morgan fingerprint density at radius 3 is 2.15 bits per heavy atom. The Labute approximate surface area is 323 Å². The summed E-state index contributed by atoms with van der Waals surface area (Å²) in [6.45, 7) is 12.4. The van der Waals surface area contributed by atoms with Crippen molar-refractivity contribution in [3.8, 4) is 11.5 Å². The number of fused-ring (bicyclic) bond motifs is 2. The molecule has 5 amide bonds. The molecule has 54 heavy (non-hydrogen) atoms. The summed E-state index contributed by atoms with van der Waals surface area (Å²) >= 11 is 3.36. The first kappa shape index (κ1) is 40.6. The molecule has 5 aliphatic rings. The topological polar surface area (TPSA) is 177 Å². The Morgan fingerprint density at radius 1 is 0.870 bits per heavy atom. The highest BCUT2D eigenvalue weighted by molar-refractivity contribution is 9.10. The lowest BCUT2D eigenvalue weighted by Gasteiger charge is -2.39. The van der Waals surface area contributed by atoms with Gasteiger partial charge in [-0.3, -0.25) is 54.2 Å². The van der Waals surface area contributed by atoms with Crippen LogP contribution in [-0.4, -0.2) is 102 Å². The average molecular weight is 814 g/mol. The van der Waals surface area contributed by atoms with Gasteiger partial charge in [0.15, 0.2) is 18.1 Å². The molecular formula is C38H49BrN6O9. The third kappa shape index (κ3) is 9.56. The third-order valence-electron chi connectivity index (χ3n) is 9.47. The Hall–Kier alpha value is -4.57. The van der Waals surface area contributed by atoms with Crippen molar-refractivity contribution in [1.29, 1.82) is 0 Å². The molecule has 2 N–H and O–H groups in total. The standard InChI is InChI=1S/C23H32N4O5.C13H11BrN2O4.C2H6/c1-23(2,3)32-19(29)14-26-10-7-15(8-11-26)20-21-16(6-9-24-20)27(12-13-31-21)17-4-5-18(28)25-22(17)30;14-7-2-1-3-8-12(7)20-6-11(18)16(8)9-4-5-10(17)15-13(9)19;1-2/h6,9,15,17H,4-5,7-8,10-14H2,1-3H3,(H,25,28,30);1-3,9H,4-6H2,(H,15,17,19);1-2H3. The molecule has 1 aromatic heterocycles. The van der Waals surface area contributed by atoms with Gasteiger partial charge >= 0.3 is 5.97 Å². The molecule has 0 bridgehead atoms. The fourth-order valence-electron chi connectivity index (χ4n) is 7.15. The molecule has 6 heterocycles. The number of nitrogens with one attached hydrogen (secondary N) is 2. The van der Waals surface area contributed by atoms with Gasteiger partial charge in [-0.2, -0.15) is 0 Å². The van der Waals surface area contributed by atoms with Gasteiger partial charge < -0.3 is 19.1 Å². The summed E-state index contributed by atoms with van der Waals surface area (Å²) in [5.74, 6) is -0.188. The van der Waals surface area contributed by atoms with Gasteiger partial charge in [0.1, 0.15) is 24.3 Å². The number of hydrogen-bond donors (Lipinski definition) is 2. The van der Waals surface area contributed by atoms with Crippen LogP contribution in [-0.2, 0) is 33.5 Å². The van der Waals surface area contributed by atoms with Gasteiger partial charge in [-0.15, -0.1) is 0 Å². The summed E-state index contributed by atoms with van der Waals surface area (Å²) in [7, 11) is 0. The van der Waals surface area contributed by atoms with Crippen molar-refractivity contribution >= 4 is 62.8 Å². The Morgan fingerprint density at radius 2 is 1.52 bits per heavy atom. The minimum absolute atomic E-state index is 0.118. The van der Waals surface area contributed by atoms with Gasteiger partial charge in [0.05, 0.1) is 34.6 Å². The van der Waals surface area contributed by atoms with Crippen molar-refractivity contribution in [3.05, 3.63) is 40.6 Å². The van der Waals surface area contributed by atoms with Crippen LogP contribution in [0.5, 0.6) is 11.5 Å². The fraction of sp³-hybridized carbons (Fsp3) is 0.553. The molecule has 2 unspecified atom stereocenters. The molecule has 2 atom stereocenters. The molecule has 15 nitrogen and oxygen atoms in total. The van der Waals surface area contributed by atoms with E-state index in [1.54, 1.807) is 24.4 Å². The number of aromatic nitrogens is 1. The van der Waals surface area contributed by atoms with E-state index in [4.69, 9.17) is 14.2 Å². The molecule has 16 heteroatoms. The van der Waals surface area contributed by atoms with E-state index in [1.165, 1.54) is 4.90 Å². The van der Waals surface area contributed by atoms with Crippen molar-refractivity contribution in [2.75, 3.05) is 49.2 Å². The van der Waals surface area contributed by atoms with Gasteiger partial charge in [-0.05, 0) is 93.7 Å². The highest BCUT2D eigenvalue weighted by Gasteiger charge is 2.40. The Balaban J connectivity index is 0.000000218. The quantitative estimate of drug-likeness (QED) is 0.332.